The number of hydrogen-bond donors (Lipinski definition) is 2. The largest absolute Gasteiger partial charge is 0.356 e. The first-order chi connectivity index (χ1) is 12.1. The van der Waals surface area contributed by atoms with Crippen molar-refractivity contribution in [1.29, 1.82) is 0 Å². The molecule has 0 radical (unpaired) electrons. The van der Waals surface area contributed by atoms with Gasteiger partial charge in [-0.1, -0.05) is 31.2 Å². The van der Waals surface area contributed by atoms with Crippen LogP contribution >= 0.6 is 0 Å². The summed E-state index contributed by atoms with van der Waals surface area (Å²) in [6.45, 7) is 3.56. The molecule has 25 heavy (non-hydrogen) atoms. The number of benzene rings is 2. The van der Waals surface area contributed by atoms with Gasteiger partial charge in [0.25, 0.3) is 0 Å². The lowest BCUT2D eigenvalue weighted by Crippen LogP contribution is -2.33. The smallest absolute Gasteiger partial charge is 0.207 e. The van der Waals surface area contributed by atoms with Crippen LogP contribution < -0.4 is 10.6 Å². The number of rotatable bonds is 10. The Morgan fingerprint density at radius 1 is 1.04 bits per heavy atom. The molecule has 3 nitrogen and oxygen atoms in total. The van der Waals surface area contributed by atoms with E-state index in [1.165, 1.54) is 23.3 Å². The van der Waals surface area contributed by atoms with Crippen LogP contribution in [0.1, 0.15) is 30.0 Å². The first-order valence-corrected chi connectivity index (χ1v) is 8.54. The first-order valence-electron chi connectivity index (χ1n) is 8.54. The van der Waals surface area contributed by atoms with Gasteiger partial charge in [-0.3, -0.25) is 4.79 Å². The molecule has 1 amide bonds. The number of carbonyl (C=O) groups is 1. The molecule has 0 aromatic heterocycles. The maximum Gasteiger partial charge on any atom is 0.207 e. The van der Waals surface area contributed by atoms with Crippen molar-refractivity contribution in [3.63, 3.8) is 0 Å². The van der Waals surface area contributed by atoms with Crippen LogP contribution in [0.15, 0.2) is 42.5 Å². The van der Waals surface area contributed by atoms with Crippen molar-refractivity contribution in [2.75, 3.05) is 6.54 Å². The predicted octanol–water partition coefficient (Wildman–Crippen LogP) is 3.36. The van der Waals surface area contributed by atoms with Crippen LogP contribution in [-0.2, 0) is 24.2 Å². The third-order valence-electron chi connectivity index (χ3n) is 4.11. The predicted molar refractivity (Wildman–Crippen MR) is 95.2 cm³/mol. The van der Waals surface area contributed by atoms with Gasteiger partial charge in [0.2, 0.25) is 6.41 Å². The molecule has 2 N–H and O–H groups in total. The van der Waals surface area contributed by atoms with Gasteiger partial charge in [0.1, 0.15) is 11.6 Å². The molecule has 0 heterocycles. The van der Waals surface area contributed by atoms with E-state index in [2.05, 4.69) is 35.8 Å². The topological polar surface area (TPSA) is 41.1 Å². The summed E-state index contributed by atoms with van der Waals surface area (Å²) in [5, 5.41) is 6.07. The molecule has 0 aliphatic heterocycles. The second-order valence-electron chi connectivity index (χ2n) is 6.10. The number of aryl methyl sites for hydroxylation is 1. The van der Waals surface area contributed by atoms with E-state index in [-0.39, 0.29) is 6.04 Å². The molecule has 0 unspecified atom stereocenters. The molecule has 0 bridgehead atoms. The molecule has 2 rings (SSSR count). The lowest BCUT2D eigenvalue weighted by molar-refractivity contribution is -0.110. The molecule has 134 valence electrons. The molecule has 1 atom stereocenters. The highest BCUT2D eigenvalue weighted by atomic mass is 19.1. The highest BCUT2D eigenvalue weighted by Crippen LogP contribution is 2.11. The Labute approximate surface area is 147 Å². The van der Waals surface area contributed by atoms with Gasteiger partial charge in [0.15, 0.2) is 0 Å². The molecule has 0 fully saturated rings. The summed E-state index contributed by atoms with van der Waals surface area (Å²) in [7, 11) is 0. The minimum atomic E-state index is -0.603. The lowest BCUT2D eigenvalue weighted by Gasteiger charge is -2.17. The van der Waals surface area contributed by atoms with Crippen molar-refractivity contribution in [3.05, 3.63) is 70.8 Å². The fourth-order valence-corrected chi connectivity index (χ4v) is 2.82. The van der Waals surface area contributed by atoms with Gasteiger partial charge < -0.3 is 10.6 Å². The van der Waals surface area contributed by atoms with E-state index in [9.17, 15) is 13.6 Å². The van der Waals surface area contributed by atoms with Crippen LogP contribution in [0.3, 0.4) is 0 Å². The van der Waals surface area contributed by atoms with Gasteiger partial charge in [-0.2, -0.15) is 0 Å². The zero-order valence-electron chi connectivity index (χ0n) is 14.4. The van der Waals surface area contributed by atoms with Crippen LogP contribution in [0.5, 0.6) is 0 Å². The fraction of sp³-hybridized carbons (Fsp3) is 0.350. The van der Waals surface area contributed by atoms with Gasteiger partial charge in [-0.05, 0) is 54.6 Å². The minimum Gasteiger partial charge on any atom is -0.356 e. The monoisotopic (exact) mass is 346 g/mol. The fourth-order valence-electron chi connectivity index (χ4n) is 2.82. The van der Waals surface area contributed by atoms with Crippen molar-refractivity contribution in [1.82, 2.24) is 10.6 Å². The summed E-state index contributed by atoms with van der Waals surface area (Å²) < 4.78 is 26.6. The zero-order valence-corrected chi connectivity index (χ0v) is 14.4. The van der Waals surface area contributed by atoms with Crippen molar-refractivity contribution < 1.29 is 13.6 Å². The van der Waals surface area contributed by atoms with Gasteiger partial charge >= 0.3 is 0 Å². The lowest BCUT2D eigenvalue weighted by atomic mass is 10.0. The Kier molecular flexibility index (Phi) is 7.54. The van der Waals surface area contributed by atoms with Crippen LogP contribution in [0.4, 0.5) is 8.78 Å². The van der Waals surface area contributed by atoms with E-state index < -0.39 is 11.6 Å². The maximum atomic E-state index is 13.3. The molecular weight excluding hydrogens is 322 g/mol. The molecule has 5 heteroatoms. The number of nitrogens with one attached hydrogen (secondary N) is 2. The Morgan fingerprint density at radius 2 is 1.76 bits per heavy atom. The van der Waals surface area contributed by atoms with Crippen molar-refractivity contribution in [2.45, 2.75) is 38.8 Å². The Morgan fingerprint density at radius 3 is 2.44 bits per heavy atom. The van der Waals surface area contributed by atoms with Gasteiger partial charge in [-0.25, -0.2) is 8.78 Å². The van der Waals surface area contributed by atoms with E-state index in [4.69, 9.17) is 0 Å². The quantitative estimate of drug-likeness (QED) is 0.512. The summed E-state index contributed by atoms with van der Waals surface area (Å²) in [4.78, 5) is 10.8. The average Bonchev–Trinajstić information content (AvgIpc) is 2.58. The van der Waals surface area contributed by atoms with Gasteiger partial charge in [-0.15, -0.1) is 0 Å². The van der Waals surface area contributed by atoms with E-state index >= 15 is 0 Å². The number of hydrogen-bond acceptors (Lipinski definition) is 2. The van der Waals surface area contributed by atoms with E-state index in [1.54, 1.807) is 0 Å². The summed E-state index contributed by atoms with van der Waals surface area (Å²) >= 11 is 0. The Bertz CT molecular complexity index is 671. The van der Waals surface area contributed by atoms with Gasteiger partial charge in [0, 0.05) is 18.7 Å². The summed E-state index contributed by atoms with van der Waals surface area (Å²) in [5.74, 6) is -1.21. The van der Waals surface area contributed by atoms with Crippen LogP contribution in [0.2, 0.25) is 0 Å². The second kappa shape index (κ2) is 9.89. The molecule has 0 saturated heterocycles. The molecule has 2 aromatic carbocycles. The summed E-state index contributed by atoms with van der Waals surface area (Å²) in [5.41, 5.74) is 3.05. The van der Waals surface area contributed by atoms with E-state index in [1.807, 2.05) is 6.07 Å². The summed E-state index contributed by atoms with van der Waals surface area (Å²) in [6, 6.07) is 11.7. The molecule has 0 spiro atoms. The van der Waals surface area contributed by atoms with Crippen LogP contribution in [-0.4, -0.2) is 19.0 Å². The van der Waals surface area contributed by atoms with E-state index in [0.717, 1.165) is 19.0 Å². The third kappa shape index (κ3) is 6.63. The van der Waals surface area contributed by atoms with Crippen LogP contribution in [0, 0.1) is 11.6 Å². The Balaban J connectivity index is 1.83. The van der Waals surface area contributed by atoms with Crippen molar-refractivity contribution in [2.24, 2.45) is 0 Å². The normalized spacial score (nSPS) is 12.0. The first kappa shape index (κ1) is 19.1. The van der Waals surface area contributed by atoms with Crippen LogP contribution in [0.25, 0.3) is 0 Å². The number of halogens is 2. The molecular formula is C20H24F2N2O. The average molecular weight is 346 g/mol. The highest BCUT2D eigenvalue weighted by molar-refractivity contribution is 5.46. The Hall–Kier alpha value is -2.27. The molecule has 0 saturated carbocycles. The molecule has 0 aliphatic carbocycles. The number of amides is 1. The second-order valence-corrected chi connectivity index (χ2v) is 6.10. The van der Waals surface area contributed by atoms with Gasteiger partial charge in [0.05, 0.1) is 0 Å². The minimum absolute atomic E-state index is 0.173. The molecule has 2 aromatic rings. The standard InChI is InChI=1S/C20H24F2N2O/c1-2-15-4-3-5-16(8-15)13-23-7-6-20(24-14-25)11-17-9-18(21)12-19(22)10-17/h3-5,8-10,12,14,20,23H,2,6-7,11,13H2,1H3,(H,24,25)/t20-/m1/s1. The zero-order chi connectivity index (χ0) is 18.1. The van der Waals surface area contributed by atoms with Crippen molar-refractivity contribution in [3.8, 4) is 0 Å². The number of carbonyl (C=O) groups excluding carboxylic acids is 1. The third-order valence-corrected chi connectivity index (χ3v) is 4.11. The molecule has 0 aliphatic rings. The highest BCUT2D eigenvalue weighted by Gasteiger charge is 2.10. The van der Waals surface area contributed by atoms with E-state index in [0.29, 0.717) is 31.4 Å². The maximum absolute atomic E-state index is 13.3. The van der Waals surface area contributed by atoms with Crippen molar-refractivity contribution >= 4 is 6.41 Å². The summed E-state index contributed by atoms with van der Waals surface area (Å²) in [6.07, 6.45) is 2.69. The SMILES string of the molecule is CCc1cccc(CNCC[C@H](Cc2cc(F)cc(F)c2)NC=O)c1.